The summed E-state index contributed by atoms with van der Waals surface area (Å²) in [4.78, 5) is 0. The molecular weight excluding hydrogens is 160 g/mol. The van der Waals surface area contributed by atoms with Crippen LogP contribution in [0.4, 0.5) is 0 Å². The molecule has 0 amide bonds. The Hall–Kier alpha value is -0.740. The Labute approximate surface area is 71.0 Å². The first kappa shape index (κ1) is 7.89. The Morgan fingerprint density at radius 1 is 1.00 bits per heavy atom. The van der Waals surface area contributed by atoms with E-state index in [0.29, 0.717) is 39.2 Å². The number of hydrogen-bond acceptors (Lipinski definition) is 4. The molecule has 0 unspecified atom stereocenters. The van der Waals surface area contributed by atoms with Crippen LogP contribution in [-0.2, 0) is 18.9 Å². The first-order valence-electron chi connectivity index (χ1n) is 3.91. The lowest BCUT2D eigenvalue weighted by Gasteiger charge is -2.39. The van der Waals surface area contributed by atoms with E-state index in [1.807, 2.05) is 0 Å². The Morgan fingerprint density at radius 3 is 2.17 bits per heavy atom. The molecule has 2 heterocycles. The molecule has 1 spiro atoms. The Morgan fingerprint density at radius 2 is 1.58 bits per heavy atom. The molecule has 0 bridgehead atoms. The summed E-state index contributed by atoms with van der Waals surface area (Å²) in [6.45, 7) is 6.37. The minimum absolute atomic E-state index is 0.112. The molecule has 0 radical (unpaired) electrons. The van der Waals surface area contributed by atoms with E-state index < -0.39 is 0 Å². The molecule has 68 valence electrons. The minimum Gasteiger partial charge on any atom is -0.465 e. The topological polar surface area (TPSA) is 36.9 Å². The van der Waals surface area contributed by atoms with Crippen molar-refractivity contribution in [2.24, 2.45) is 5.41 Å². The van der Waals surface area contributed by atoms with E-state index >= 15 is 0 Å². The smallest absolute Gasteiger partial charge is 0.271 e. The molecule has 0 aromatic rings. The summed E-state index contributed by atoms with van der Waals surface area (Å²) in [7, 11) is 0. The maximum atomic E-state index is 5.19. The largest absolute Gasteiger partial charge is 0.465 e. The number of hydrogen-bond donors (Lipinski definition) is 0. The average molecular weight is 172 g/mol. The molecule has 0 aliphatic carbocycles. The predicted molar refractivity (Wildman–Crippen MR) is 40.2 cm³/mol. The van der Waals surface area contributed by atoms with Crippen LogP contribution in [0.5, 0.6) is 0 Å². The summed E-state index contributed by atoms with van der Waals surface area (Å²) >= 11 is 0. The molecule has 2 aliphatic rings. The summed E-state index contributed by atoms with van der Waals surface area (Å²) in [6, 6.07) is 0. The van der Waals surface area contributed by atoms with Crippen molar-refractivity contribution in [2.45, 2.75) is 0 Å². The quantitative estimate of drug-likeness (QED) is 0.533. The van der Waals surface area contributed by atoms with E-state index in [2.05, 4.69) is 6.58 Å². The van der Waals surface area contributed by atoms with Crippen LogP contribution in [0.1, 0.15) is 0 Å². The first-order valence-corrected chi connectivity index (χ1v) is 3.91. The Bertz CT molecular complexity index is 171. The van der Waals surface area contributed by atoms with Gasteiger partial charge in [-0.2, -0.15) is 0 Å². The Balaban J connectivity index is 1.96. The molecule has 12 heavy (non-hydrogen) atoms. The summed E-state index contributed by atoms with van der Waals surface area (Å²) in [6.07, 6.45) is 0. The lowest BCUT2D eigenvalue weighted by Crippen LogP contribution is -2.47. The second-order valence-electron chi connectivity index (χ2n) is 3.26. The van der Waals surface area contributed by atoms with E-state index in [-0.39, 0.29) is 5.41 Å². The third-order valence-electron chi connectivity index (χ3n) is 2.06. The molecule has 4 heteroatoms. The van der Waals surface area contributed by atoms with Gasteiger partial charge in [0, 0.05) is 0 Å². The van der Waals surface area contributed by atoms with Crippen LogP contribution in [0.25, 0.3) is 0 Å². The first-order chi connectivity index (χ1) is 5.81. The van der Waals surface area contributed by atoms with Gasteiger partial charge in [-0.25, -0.2) is 0 Å². The SMILES string of the molecule is C=C1OCC2(COCOC2)CO1. The molecule has 2 saturated heterocycles. The van der Waals surface area contributed by atoms with E-state index in [0.717, 1.165) is 0 Å². The van der Waals surface area contributed by atoms with Crippen molar-refractivity contribution in [1.82, 2.24) is 0 Å². The summed E-state index contributed by atoms with van der Waals surface area (Å²) < 4.78 is 20.8. The van der Waals surface area contributed by atoms with Crippen LogP contribution >= 0.6 is 0 Å². The molecular formula is C8H12O4. The second-order valence-corrected chi connectivity index (χ2v) is 3.26. The third-order valence-corrected chi connectivity index (χ3v) is 2.06. The third kappa shape index (κ3) is 1.40. The zero-order valence-electron chi connectivity index (χ0n) is 6.88. The lowest BCUT2D eigenvalue weighted by atomic mass is 9.91. The van der Waals surface area contributed by atoms with Crippen LogP contribution in [0, 0.1) is 5.41 Å². The second kappa shape index (κ2) is 2.95. The number of ether oxygens (including phenoxy) is 4. The monoisotopic (exact) mass is 172 g/mol. The van der Waals surface area contributed by atoms with Gasteiger partial charge >= 0.3 is 0 Å². The van der Waals surface area contributed by atoms with E-state index in [1.54, 1.807) is 0 Å². The summed E-state index contributed by atoms with van der Waals surface area (Å²) in [5.41, 5.74) is -0.112. The summed E-state index contributed by atoms with van der Waals surface area (Å²) in [5.74, 6) is 0.395. The van der Waals surface area contributed by atoms with Crippen LogP contribution in [-0.4, -0.2) is 33.2 Å². The molecule has 0 aromatic heterocycles. The highest BCUT2D eigenvalue weighted by Gasteiger charge is 2.39. The van der Waals surface area contributed by atoms with E-state index in [4.69, 9.17) is 18.9 Å². The highest BCUT2D eigenvalue weighted by Crippen LogP contribution is 2.28. The van der Waals surface area contributed by atoms with Crippen molar-refractivity contribution in [3.8, 4) is 0 Å². The fourth-order valence-electron chi connectivity index (χ4n) is 1.33. The molecule has 0 aromatic carbocycles. The van der Waals surface area contributed by atoms with Crippen LogP contribution in [0.15, 0.2) is 12.5 Å². The zero-order chi connectivity index (χ0) is 8.44. The fraction of sp³-hybridized carbons (Fsp3) is 0.750. The van der Waals surface area contributed by atoms with Gasteiger partial charge in [-0.3, -0.25) is 0 Å². The zero-order valence-corrected chi connectivity index (χ0v) is 6.88. The molecule has 2 aliphatic heterocycles. The maximum Gasteiger partial charge on any atom is 0.271 e. The van der Waals surface area contributed by atoms with Gasteiger partial charge in [0.05, 0.1) is 18.6 Å². The van der Waals surface area contributed by atoms with E-state index in [9.17, 15) is 0 Å². The molecule has 2 fully saturated rings. The summed E-state index contributed by atoms with van der Waals surface area (Å²) in [5, 5.41) is 0. The highest BCUT2D eigenvalue weighted by atomic mass is 16.7. The lowest BCUT2D eigenvalue weighted by molar-refractivity contribution is -0.219. The van der Waals surface area contributed by atoms with Gasteiger partial charge < -0.3 is 18.9 Å². The minimum atomic E-state index is -0.112. The van der Waals surface area contributed by atoms with Crippen molar-refractivity contribution in [2.75, 3.05) is 33.2 Å². The van der Waals surface area contributed by atoms with Gasteiger partial charge in [0.2, 0.25) is 0 Å². The molecule has 0 atom stereocenters. The number of rotatable bonds is 0. The van der Waals surface area contributed by atoms with Gasteiger partial charge in [-0.05, 0) is 6.58 Å². The van der Waals surface area contributed by atoms with Gasteiger partial charge in [0.15, 0.2) is 0 Å². The molecule has 0 saturated carbocycles. The van der Waals surface area contributed by atoms with Crippen molar-refractivity contribution in [1.29, 1.82) is 0 Å². The van der Waals surface area contributed by atoms with Crippen molar-refractivity contribution in [3.63, 3.8) is 0 Å². The molecule has 2 rings (SSSR count). The van der Waals surface area contributed by atoms with Crippen LogP contribution in [0.3, 0.4) is 0 Å². The van der Waals surface area contributed by atoms with Gasteiger partial charge in [0.25, 0.3) is 5.95 Å². The normalized spacial score (nSPS) is 27.8. The Kier molecular flexibility index (Phi) is 1.94. The van der Waals surface area contributed by atoms with Crippen molar-refractivity contribution < 1.29 is 18.9 Å². The highest BCUT2D eigenvalue weighted by molar-refractivity contribution is 4.87. The van der Waals surface area contributed by atoms with Gasteiger partial charge in [-0.15, -0.1) is 0 Å². The van der Waals surface area contributed by atoms with Crippen LogP contribution < -0.4 is 0 Å². The average Bonchev–Trinajstić information content (AvgIpc) is 2.13. The van der Waals surface area contributed by atoms with Gasteiger partial charge in [-0.1, -0.05) is 0 Å². The van der Waals surface area contributed by atoms with Crippen molar-refractivity contribution >= 4 is 0 Å². The van der Waals surface area contributed by atoms with E-state index in [1.165, 1.54) is 0 Å². The van der Waals surface area contributed by atoms with Crippen molar-refractivity contribution in [3.05, 3.63) is 12.5 Å². The van der Waals surface area contributed by atoms with Gasteiger partial charge in [0.1, 0.15) is 20.0 Å². The predicted octanol–water partition coefficient (Wildman–Crippen LogP) is 0.495. The maximum absolute atomic E-state index is 5.19. The fourth-order valence-corrected chi connectivity index (χ4v) is 1.33. The standard InChI is InChI=1S/C8H12O4/c1-7-11-4-8(5-12-7)2-9-6-10-3-8/h1-6H2. The van der Waals surface area contributed by atoms with Crippen LogP contribution in [0.2, 0.25) is 0 Å². The molecule has 4 nitrogen and oxygen atoms in total. The molecule has 0 N–H and O–H groups in total.